The number of rotatable bonds is 9. The van der Waals surface area contributed by atoms with Crippen LogP contribution < -0.4 is 4.74 Å². The molecule has 6 nitrogen and oxygen atoms in total. The Labute approximate surface area is 137 Å². The predicted molar refractivity (Wildman–Crippen MR) is 86.6 cm³/mol. The Balaban J connectivity index is 2.50. The molecule has 1 unspecified atom stereocenters. The van der Waals surface area contributed by atoms with E-state index in [1.807, 2.05) is 0 Å². The standard InChI is InChI=1S/C17H27NO5/c1-4-6-7-13(5-2)12-23-17(20)18(21)11-14-8-9-15(19)16(10-14)22-3/h8-10,13,19,21H,4-7,11-12H2,1-3H3. The molecule has 0 aliphatic heterocycles. The van der Waals surface area contributed by atoms with Gasteiger partial charge in [0.1, 0.15) is 0 Å². The van der Waals surface area contributed by atoms with Crippen LogP contribution >= 0.6 is 0 Å². The van der Waals surface area contributed by atoms with Crippen molar-refractivity contribution in [2.45, 2.75) is 46.1 Å². The number of hydroxylamine groups is 2. The molecule has 0 saturated heterocycles. The van der Waals surface area contributed by atoms with Crippen molar-refractivity contribution in [2.75, 3.05) is 13.7 Å². The Morgan fingerprint density at radius 3 is 2.70 bits per heavy atom. The number of nitrogens with zero attached hydrogens (tertiary/aromatic N) is 1. The second-order valence-electron chi connectivity index (χ2n) is 5.56. The Kier molecular flexibility index (Phi) is 8.26. The van der Waals surface area contributed by atoms with Crippen LogP contribution in [0.3, 0.4) is 0 Å². The number of hydrogen-bond donors (Lipinski definition) is 2. The average Bonchev–Trinajstić information content (AvgIpc) is 2.56. The molecule has 1 rings (SSSR count). The van der Waals surface area contributed by atoms with Crippen molar-refractivity contribution in [3.05, 3.63) is 23.8 Å². The average molecular weight is 325 g/mol. The molecule has 1 aromatic carbocycles. The highest BCUT2D eigenvalue weighted by Crippen LogP contribution is 2.26. The van der Waals surface area contributed by atoms with Gasteiger partial charge < -0.3 is 14.6 Å². The lowest BCUT2D eigenvalue weighted by Gasteiger charge is -2.19. The van der Waals surface area contributed by atoms with Crippen LogP contribution in [0, 0.1) is 5.92 Å². The highest BCUT2D eigenvalue weighted by molar-refractivity contribution is 5.66. The van der Waals surface area contributed by atoms with Crippen molar-refractivity contribution < 1.29 is 24.6 Å². The summed E-state index contributed by atoms with van der Waals surface area (Å²) in [6.07, 6.45) is 3.40. The summed E-state index contributed by atoms with van der Waals surface area (Å²) < 4.78 is 10.2. The van der Waals surface area contributed by atoms with Crippen molar-refractivity contribution >= 4 is 6.09 Å². The first-order valence-electron chi connectivity index (χ1n) is 8.00. The molecule has 0 bridgehead atoms. The Morgan fingerprint density at radius 2 is 2.09 bits per heavy atom. The summed E-state index contributed by atoms with van der Waals surface area (Å²) >= 11 is 0. The topological polar surface area (TPSA) is 79.2 Å². The summed E-state index contributed by atoms with van der Waals surface area (Å²) in [5.41, 5.74) is 0.622. The van der Waals surface area contributed by atoms with Gasteiger partial charge in [-0.25, -0.2) is 4.79 Å². The molecule has 0 aromatic heterocycles. The highest BCUT2D eigenvalue weighted by atomic mass is 16.6. The van der Waals surface area contributed by atoms with Gasteiger partial charge in [-0.05, 0) is 30.0 Å². The molecular formula is C17H27NO5. The summed E-state index contributed by atoms with van der Waals surface area (Å²) in [5.74, 6) is 0.612. The molecule has 1 atom stereocenters. The number of carbonyl (C=O) groups excluding carboxylic acids is 1. The normalized spacial score (nSPS) is 11.8. The minimum atomic E-state index is -0.771. The van der Waals surface area contributed by atoms with Crippen LogP contribution in [0.25, 0.3) is 0 Å². The van der Waals surface area contributed by atoms with Crippen molar-refractivity contribution in [2.24, 2.45) is 5.92 Å². The first-order valence-corrected chi connectivity index (χ1v) is 8.00. The third kappa shape index (κ3) is 6.36. The Morgan fingerprint density at radius 1 is 1.35 bits per heavy atom. The summed E-state index contributed by atoms with van der Waals surface area (Å²) in [7, 11) is 1.44. The van der Waals surface area contributed by atoms with Gasteiger partial charge in [0.05, 0.1) is 20.3 Å². The molecule has 2 N–H and O–H groups in total. The fourth-order valence-electron chi connectivity index (χ4n) is 2.22. The molecule has 0 heterocycles. The van der Waals surface area contributed by atoms with E-state index in [9.17, 15) is 15.1 Å². The molecule has 0 saturated carbocycles. The highest BCUT2D eigenvalue weighted by Gasteiger charge is 2.16. The summed E-state index contributed by atoms with van der Waals surface area (Å²) in [6.45, 7) is 4.46. The van der Waals surface area contributed by atoms with E-state index in [4.69, 9.17) is 9.47 Å². The van der Waals surface area contributed by atoms with Gasteiger partial charge in [-0.3, -0.25) is 5.21 Å². The summed E-state index contributed by atoms with van der Waals surface area (Å²) in [5, 5.41) is 19.9. The van der Waals surface area contributed by atoms with Crippen LogP contribution in [-0.4, -0.2) is 35.2 Å². The van der Waals surface area contributed by atoms with Crippen LogP contribution in [0.1, 0.15) is 45.1 Å². The number of unbranched alkanes of at least 4 members (excludes halogenated alkanes) is 1. The Bertz CT molecular complexity index is 492. The lowest BCUT2D eigenvalue weighted by atomic mass is 10.0. The molecule has 0 radical (unpaired) electrons. The van der Waals surface area contributed by atoms with E-state index >= 15 is 0 Å². The third-order valence-corrected chi connectivity index (χ3v) is 3.77. The number of hydrogen-bond acceptors (Lipinski definition) is 5. The van der Waals surface area contributed by atoms with E-state index < -0.39 is 6.09 Å². The molecule has 0 spiro atoms. The third-order valence-electron chi connectivity index (χ3n) is 3.77. The monoisotopic (exact) mass is 325 g/mol. The van der Waals surface area contributed by atoms with Gasteiger partial charge in [0, 0.05) is 0 Å². The summed E-state index contributed by atoms with van der Waals surface area (Å²) in [6, 6.07) is 4.61. The van der Waals surface area contributed by atoms with E-state index in [2.05, 4.69) is 13.8 Å². The molecule has 23 heavy (non-hydrogen) atoms. The smallest absolute Gasteiger partial charge is 0.434 e. The first-order chi connectivity index (χ1) is 11.0. The van der Waals surface area contributed by atoms with E-state index in [1.165, 1.54) is 13.2 Å². The van der Waals surface area contributed by atoms with Gasteiger partial charge in [-0.15, -0.1) is 0 Å². The maximum Gasteiger partial charge on any atom is 0.434 e. The number of phenolic OH excluding ortho intramolecular Hbond substituents is 1. The fraction of sp³-hybridized carbons (Fsp3) is 0.588. The predicted octanol–water partition coefficient (Wildman–Crippen LogP) is 3.95. The van der Waals surface area contributed by atoms with E-state index in [0.717, 1.165) is 25.7 Å². The van der Waals surface area contributed by atoms with Crippen molar-refractivity contribution in [3.63, 3.8) is 0 Å². The van der Waals surface area contributed by atoms with Gasteiger partial charge in [-0.1, -0.05) is 39.2 Å². The zero-order chi connectivity index (χ0) is 17.2. The molecular weight excluding hydrogens is 298 g/mol. The van der Waals surface area contributed by atoms with Gasteiger partial charge in [0.2, 0.25) is 0 Å². The lowest BCUT2D eigenvalue weighted by molar-refractivity contribution is -0.0836. The maximum absolute atomic E-state index is 11.8. The molecule has 130 valence electrons. The van der Waals surface area contributed by atoms with Gasteiger partial charge in [0.25, 0.3) is 0 Å². The van der Waals surface area contributed by atoms with E-state index in [-0.39, 0.29) is 18.0 Å². The van der Waals surface area contributed by atoms with Crippen LogP contribution in [-0.2, 0) is 11.3 Å². The molecule has 1 amide bonds. The Hall–Kier alpha value is -1.95. The lowest BCUT2D eigenvalue weighted by Crippen LogP contribution is -2.29. The van der Waals surface area contributed by atoms with Gasteiger partial charge >= 0.3 is 6.09 Å². The van der Waals surface area contributed by atoms with Crippen LogP contribution in [0.5, 0.6) is 11.5 Å². The van der Waals surface area contributed by atoms with E-state index in [1.54, 1.807) is 12.1 Å². The molecule has 0 fully saturated rings. The zero-order valence-corrected chi connectivity index (χ0v) is 14.1. The number of methoxy groups -OCH3 is 1. The number of aromatic hydroxyl groups is 1. The number of carbonyl (C=O) groups is 1. The van der Waals surface area contributed by atoms with Crippen LogP contribution in [0.4, 0.5) is 4.79 Å². The second-order valence-corrected chi connectivity index (χ2v) is 5.56. The minimum absolute atomic E-state index is 0.00466. The number of ether oxygens (including phenoxy) is 2. The maximum atomic E-state index is 11.8. The zero-order valence-electron chi connectivity index (χ0n) is 14.1. The van der Waals surface area contributed by atoms with Crippen LogP contribution in [0.15, 0.2) is 18.2 Å². The second kappa shape index (κ2) is 9.94. The number of benzene rings is 1. The molecule has 6 heteroatoms. The summed E-state index contributed by atoms with van der Waals surface area (Å²) in [4.78, 5) is 11.8. The van der Waals surface area contributed by atoms with Crippen molar-refractivity contribution in [3.8, 4) is 11.5 Å². The fourth-order valence-corrected chi connectivity index (χ4v) is 2.22. The molecule has 0 aliphatic carbocycles. The minimum Gasteiger partial charge on any atom is -0.504 e. The van der Waals surface area contributed by atoms with Crippen molar-refractivity contribution in [1.82, 2.24) is 5.06 Å². The largest absolute Gasteiger partial charge is 0.504 e. The molecule has 0 aliphatic rings. The van der Waals surface area contributed by atoms with Crippen LogP contribution in [0.2, 0.25) is 0 Å². The molecule has 1 aromatic rings. The first kappa shape index (κ1) is 19.1. The quantitative estimate of drug-likeness (QED) is 0.531. The number of phenols is 1. The van der Waals surface area contributed by atoms with Gasteiger partial charge in [0.15, 0.2) is 11.5 Å². The van der Waals surface area contributed by atoms with Crippen molar-refractivity contribution in [1.29, 1.82) is 0 Å². The number of amides is 1. The van der Waals surface area contributed by atoms with Gasteiger partial charge in [-0.2, -0.15) is 5.06 Å². The SMILES string of the molecule is CCCCC(CC)COC(=O)N(O)Cc1ccc(O)c(OC)c1. The van der Waals surface area contributed by atoms with E-state index in [0.29, 0.717) is 23.2 Å².